The Morgan fingerprint density at radius 3 is 2.27 bits per heavy atom. The summed E-state index contributed by atoms with van der Waals surface area (Å²) >= 11 is 0. The first kappa shape index (κ1) is 21.3. The summed E-state index contributed by atoms with van der Waals surface area (Å²) < 4.78 is 46.9. The van der Waals surface area contributed by atoms with Crippen molar-refractivity contribution < 1.29 is 16.8 Å². The first-order valence-corrected chi connectivity index (χ1v) is 12.7. The molecule has 8 heteroatoms. The van der Waals surface area contributed by atoms with Crippen LogP contribution >= 0.6 is 0 Å². The van der Waals surface area contributed by atoms with Gasteiger partial charge in [0.25, 0.3) is 0 Å². The number of sulfone groups is 1. The number of nitrogens with zero attached hydrogens (tertiary/aromatic N) is 1. The van der Waals surface area contributed by atoms with E-state index >= 15 is 0 Å². The Morgan fingerprint density at radius 1 is 1.15 bits per heavy atom. The lowest BCUT2D eigenvalue weighted by Crippen LogP contribution is -2.54. The molecule has 148 valence electrons. The van der Waals surface area contributed by atoms with Crippen LogP contribution in [-0.4, -0.2) is 46.3 Å². The maximum Gasteiger partial charge on any atom is 0.238 e. The van der Waals surface area contributed by atoms with Gasteiger partial charge in [-0.05, 0) is 50.4 Å². The predicted octanol–water partition coefficient (Wildman–Crippen LogP) is 2.25. The van der Waals surface area contributed by atoms with Gasteiger partial charge < -0.3 is 0 Å². The van der Waals surface area contributed by atoms with E-state index in [1.54, 1.807) is 0 Å². The molecule has 2 rings (SSSR count). The Labute approximate surface area is 157 Å². The van der Waals surface area contributed by atoms with Gasteiger partial charge in [-0.15, -0.1) is 0 Å². The third-order valence-corrected chi connectivity index (χ3v) is 7.22. The zero-order valence-corrected chi connectivity index (χ0v) is 17.4. The molecule has 1 aliphatic heterocycles. The molecule has 2 atom stereocenters. The van der Waals surface area contributed by atoms with Gasteiger partial charge in [-0.1, -0.05) is 31.9 Å². The molecule has 6 nitrogen and oxygen atoms in total. The average molecular weight is 403 g/mol. The number of piperidine rings is 1. The number of nitrogens with two attached hydrogens (primary N) is 1. The number of likely N-dealkylation sites (tertiary alicyclic amines) is 1. The molecule has 1 aromatic rings. The minimum absolute atomic E-state index is 0.0202. The standard InChI is InChI=1S/C18H30N2O4S2/c1-4-12-18(2,15-8-10-17(11-9-15)26(19,23)24)20-13-6-5-7-16(20)14-25(3,21)22/h8-11,16H,4-7,12-14H2,1-3H3,(H2,19,23,24)/t16?,18-/m1/s1. The third kappa shape index (κ3) is 5.06. The highest BCUT2D eigenvalue weighted by atomic mass is 32.2. The minimum atomic E-state index is -3.73. The van der Waals surface area contributed by atoms with Gasteiger partial charge in [-0.3, -0.25) is 4.90 Å². The smallest absolute Gasteiger partial charge is 0.238 e. The van der Waals surface area contributed by atoms with Crippen LogP contribution in [0.1, 0.15) is 51.5 Å². The molecule has 0 radical (unpaired) electrons. The summed E-state index contributed by atoms with van der Waals surface area (Å²) in [5.74, 6) is 0.154. The molecule has 2 N–H and O–H groups in total. The highest BCUT2D eigenvalue weighted by molar-refractivity contribution is 7.90. The van der Waals surface area contributed by atoms with Crippen LogP contribution in [0.3, 0.4) is 0 Å². The molecular weight excluding hydrogens is 372 g/mol. The fourth-order valence-electron chi connectivity index (χ4n) is 4.12. The second-order valence-electron chi connectivity index (χ2n) is 7.53. The summed E-state index contributed by atoms with van der Waals surface area (Å²) in [5, 5.41) is 5.20. The highest BCUT2D eigenvalue weighted by Gasteiger charge is 2.39. The highest BCUT2D eigenvalue weighted by Crippen LogP contribution is 2.38. The summed E-state index contributed by atoms with van der Waals surface area (Å²) in [4.78, 5) is 2.40. The first-order chi connectivity index (χ1) is 12.0. The average Bonchev–Trinajstić information content (AvgIpc) is 2.53. The summed E-state index contributed by atoms with van der Waals surface area (Å²) in [6.45, 7) is 5.07. The SMILES string of the molecule is CCC[C@](C)(c1ccc(S(N)(=O)=O)cc1)N1CCCCC1CS(C)(=O)=O. The molecule has 0 bridgehead atoms. The summed E-state index contributed by atoms with van der Waals surface area (Å²) in [5.41, 5.74) is 0.647. The molecule has 0 aliphatic carbocycles. The summed E-state index contributed by atoms with van der Waals surface area (Å²) in [6.07, 6.45) is 6.02. The lowest BCUT2D eigenvalue weighted by molar-refractivity contribution is 0.0280. The van der Waals surface area contributed by atoms with Gasteiger partial charge in [0, 0.05) is 17.8 Å². The first-order valence-electron chi connectivity index (χ1n) is 9.05. The Morgan fingerprint density at radius 2 is 1.77 bits per heavy atom. The van der Waals surface area contributed by atoms with E-state index in [2.05, 4.69) is 18.7 Å². The molecule has 1 aromatic carbocycles. The monoisotopic (exact) mass is 402 g/mol. The van der Waals surface area contributed by atoms with Crippen LogP contribution in [0, 0.1) is 0 Å². The number of primary sulfonamides is 1. The van der Waals surface area contributed by atoms with Crippen molar-refractivity contribution in [2.24, 2.45) is 5.14 Å². The molecule has 0 aromatic heterocycles. The Balaban J connectivity index is 2.43. The molecule has 1 aliphatic rings. The summed E-state index contributed by atoms with van der Waals surface area (Å²) in [6, 6.07) is 6.67. The van der Waals surface area contributed by atoms with Gasteiger partial charge in [0.1, 0.15) is 9.84 Å². The van der Waals surface area contributed by atoms with E-state index in [1.165, 1.54) is 18.4 Å². The number of hydrogen-bond donors (Lipinski definition) is 1. The van der Waals surface area contributed by atoms with Crippen LogP contribution in [0.4, 0.5) is 0 Å². The topological polar surface area (TPSA) is 97.5 Å². The van der Waals surface area contributed by atoms with Crippen LogP contribution < -0.4 is 5.14 Å². The molecule has 1 heterocycles. The largest absolute Gasteiger partial charge is 0.290 e. The lowest BCUT2D eigenvalue weighted by Gasteiger charge is -2.48. The van der Waals surface area contributed by atoms with Crippen molar-refractivity contribution in [1.82, 2.24) is 4.90 Å². The zero-order valence-electron chi connectivity index (χ0n) is 15.8. The van der Waals surface area contributed by atoms with Crippen LogP contribution in [0.2, 0.25) is 0 Å². The number of sulfonamides is 1. The third-order valence-electron chi connectivity index (χ3n) is 5.30. The summed E-state index contributed by atoms with van der Waals surface area (Å²) in [7, 11) is -6.81. The van der Waals surface area contributed by atoms with Crippen LogP contribution in [0.25, 0.3) is 0 Å². The van der Waals surface area contributed by atoms with Crippen LogP contribution in [-0.2, 0) is 25.4 Å². The molecular formula is C18H30N2O4S2. The van der Waals surface area contributed by atoms with Crippen molar-refractivity contribution in [3.8, 4) is 0 Å². The fraction of sp³-hybridized carbons (Fsp3) is 0.667. The van der Waals surface area contributed by atoms with E-state index in [9.17, 15) is 16.8 Å². The van der Waals surface area contributed by atoms with Crippen molar-refractivity contribution in [2.75, 3.05) is 18.6 Å². The molecule has 26 heavy (non-hydrogen) atoms. The Kier molecular flexibility index (Phi) is 6.53. The van der Waals surface area contributed by atoms with E-state index in [0.29, 0.717) is 0 Å². The van der Waals surface area contributed by atoms with Crippen LogP contribution in [0.5, 0.6) is 0 Å². The minimum Gasteiger partial charge on any atom is -0.290 e. The van der Waals surface area contributed by atoms with Crippen molar-refractivity contribution in [1.29, 1.82) is 0 Å². The number of benzene rings is 1. The maximum atomic E-state index is 11.9. The van der Waals surface area contributed by atoms with E-state index in [1.807, 2.05) is 12.1 Å². The quantitative estimate of drug-likeness (QED) is 0.754. The van der Waals surface area contributed by atoms with Gasteiger partial charge in [-0.25, -0.2) is 22.0 Å². The van der Waals surface area contributed by atoms with E-state index < -0.39 is 19.9 Å². The number of hydrogen-bond acceptors (Lipinski definition) is 5. The van der Waals surface area contributed by atoms with Crippen molar-refractivity contribution >= 4 is 19.9 Å². The molecule has 0 amide bonds. The molecule has 1 fully saturated rings. The number of rotatable bonds is 7. The predicted molar refractivity (Wildman–Crippen MR) is 104 cm³/mol. The molecule has 0 spiro atoms. The van der Waals surface area contributed by atoms with Crippen LogP contribution in [0.15, 0.2) is 29.2 Å². The van der Waals surface area contributed by atoms with Gasteiger partial charge in [-0.2, -0.15) is 0 Å². The van der Waals surface area contributed by atoms with Gasteiger partial charge in [0.15, 0.2) is 0 Å². The van der Waals surface area contributed by atoms with Gasteiger partial charge in [0.2, 0.25) is 10.0 Å². The Hall–Kier alpha value is -0.960. The van der Waals surface area contributed by atoms with E-state index in [4.69, 9.17) is 5.14 Å². The van der Waals surface area contributed by atoms with Crippen molar-refractivity contribution in [3.05, 3.63) is 29.8 Å². The second kappa shape index (κ2) is 7.96. The fourth-order valence-corrected chi connectivity index (χ4v) is 5.68. The molecule has 1 unspecified atom stereocenters. The molecule has 1 saturated heterocycles. The van der Waals surface area contributed by atoms with Crippen molar-refractivity contribution in [2.45, 2.75) is 62.4 Å². The zero-order chi connectivity index (χ0) is 19.6. The van der Waals surface area contributed by atoms with E-state index in [0.717, 1.165) is 44.2 Å². The maximum absolute atomic E-state index is 11.9. The van der Waals surface area contributed by atoms with Crippen molar-refractivity contribution in [3.63, 3.8) is 0 Å². The molecule has 0 saturated carbocycles. The normalized spacial score (nSPS) is 22.1. The van der Waals surface area contributed by atoms with E-state index in [-0.39, 0.29) is 22.2 Å². The lowest BCUT2D eigenvalue weighted by atomic mass is 9.82. The van der Waals surface area contributed by atoms with Gasteiger partial charge in [0.05, 0.1) is 10.6 Å². The Bertz CT molecular complexity index is 819. The second-order valence-corrected chi connectivity index (χ2v) is 11.3. The van der Waals surface area contributed by atoms with Gasteiger partial charge >= 0.3 is 0 Å².